The van der Waals surface area contributed by atoms with Gasteiger partial charge in [0, 0.05) is 18.6 Å². The fourth-order valence-electron chi connectivity index (χ4n) is 4.17. The van der Waals surface area contributed by atoms with E-state index in [4.69, 9.17) is 5.73 Å². The third kappa shape index (κ3) is 2.46. The molecule has 18 heavy (non-hydrogen) atoms. The van der Waals surface area contributed by atoms with E-state index in [1.807, 2.05) is 0 Å². The van der Waals surface area contributed by atoms with Gasteiger partial charge in [0.2, 0.25) is 0 Å². The van der Waals surface area contributed by atoms with Crippen LogP contribution in [0.25, 0.3) is 0 Å². The molecule has 2 fully saturated rings. The minimum absolute atomic E-state index is 0.318. The molecule has 1 aliphatic carbocycles. The van der Waals surface area contributed by atoms with Crippen LogP contribution in [-0.4, -0.2) is 30.1 Å². The molecule has 2 nitrogen and oxygen atoms in total. The summed E-state index contributed by atoms with van der Waals surface area (Å²) in [6, 6.07) is 0. The van der Waals surface area contributed by atoms with Gasteiger partial charge in [0.1, 0.15) is 0 Å². The Balaban J connectivity index is 2.10. The molecule has 0 amide bonds. The van der Waals surface area contributed by atoms with Gasteiger partial charge < -0.3 is 5.73 Å². The predicted molar refractivity (Wildman–Crippen MR) is 78.6 cm³/mol. The molecule has 1 saturated heterocycles. The van der Waals surface area contributed by atoms with E-state index in [0.29, 0.717) is 11.0 Å². The van der Waals surface area contributed by atoms with Crippen LogP contribution in [0.2, 0.25) is 0 Å². The topological polar surface area (TPSA) is 29.3 Å². The maximum atomic E-state index is 6.22. The van der Waals surface area contributed by atoms with Crippen molar-refractivity contribution >= 4 is 0 Å². The number of hydrogen-bond donors (Lipinski definition) is 1. The molecule has 3 unspecified atom stereocenters. The lowest BCUT2D eigenvalue weighted by Gasteiger charge is -2.49. The second kappa shape index (κ2) is 5.13. The van der Waals surface area contributed by atoms with Gasteiger partial charge >= 0.3 is 0 Å². The SMILES string of the molecule is CC1CCCCC1(CN)N1CCC(C(C)(C)C)C1. The summed E-state index contributed by atoms with van der Waals surface area (Å²) >= 11 is 0. The first kappa shape index (κ1) is 14.3. The number of rotatable bonds is 2. The van der Waals surface area contributed by atoms with Crippen LogP contribution in [0.1, 0.15) is 59.8 Å². The summed E-state index contributed by atoms with van der Waals surface area (Å²) in [5, 5.41) is 0. The monoisotopic (exact) mass is 252 g/mol. The fraction of sp³-hybridized carbons (Fsp3) is 1.00. The molecular formula is C16H32N2. The maximum absolute atomic E-state index is 6.22. The van der Waals surface area contributed by atoms with Crippen LogP contribution in [0.5, 0.6) is 0 Å². The Morgan fingerprint density at radius 2 is 1.94 bits per heavy atom. The summed E-state index contributed by atoms with van der Waals surface area (Å²) in [5.41, 5.74) is 6.99. The zero-order valence-electron chi connectivity index (χ0n) is 12.8. The quantitative estimate of drug-likeness (QED) is 0.817. The first-order chi connectivity index (χ1) is 8.40. The van der Waals surface area contributed by atoms with Crippen LogP contribution in [0.4, 0.5) is 0 Å². The van der Waals surface area contributed by atoms with Crippen molar-refractivity contribution in [3.05, 3.63) is 0 Å². The third-order valence-electron chi connectivity index (χ3n) is 5.81. The van der Waals surface area contributed by atoms with Gasteiger partial charge in [-0.05, 0) is 43.1 Å². The van der Waals surface area contributed by atoms with Gasteiger partial charge in [0.05, 0.1) is 0 Å². The second-order valence-corrected chi connectivity index (χ2v) is 7.75. The van der Waals surface area contributed by atoms with Gasteiger partial charge in [-0.3, -0.25) is 4.90 Å². The Bertz CT molecular complexity index is 281. The van der Waals surface area contributed by atoms with E-state index < -0.39 is 0 Å². The minimum Gasteiger partial charge on any atom is -0.329 e. The highest BCUT2D eigenvalue weighted by Crippen LogP contribution is 2.43. The van der Waals surface area contributed by atoms with E-state index in [0.717, 1.165) is 18.4 Å². The smallest absolute Gasteiger partial charge is 0.0357 e. The van der Waals surface area contributed by atoms with Crippen LogP contribution in [-0.2, 0) is 0 Å². The summed E-state index contributed by atoms with van der Waals surface area (Å²) in [6.07, 6.45) is 6.82. The van der Waals surface area contributed by atoms with Crippen LogP contribution in [0.3, 0.4) is 0 Å². The highest BCUT2D eigenvalue weighted by atomic mass is 15.2. The highest BCUT2D eigenvalue weighted by molar-refractivity contribution is 5.01. The van der Waals surface area contributed by atoms with Crippen molar-refractivity contribution in [1.29, 1.82) is 0 Å². The summed E-state index contributed by atoms with van der Waals surface area (Å²) in [4.78, 5) is 2.76. The Labute approximate surface area is 113 Å². The lowest BCUT2D eigenvalue weighted by atomic mass is 9.72. The number of nitrogens with zero attached hydrogens (tertiary/aromatic N) is 1. The van der Waals surface area contributed by atoms with E-state index in [-0.39, 0.29) is 0 Å². The van der Waals surface area contributed by atoms with Crippen LogP contribution < -0.4 is 5.73 Å². The number of nitrogens with two attached hydrogens (primary N) is 1. The van der Waals surface area contributed by atoms with Gasteiger partial charge in [-0.15, -0.1) is 0 Å². The summed E-state index contributed by atoms with van der Waals surface area (Å²) < 4.78 is 0. The maximum Gasteiger partial charge on any atom is 0.0357 e. The summed E-state index contributed by atoms with van der Waals surface area (Å²) in [5.74, 6) is 1.62. The average Bonchev–Trinajstić information content (AvgIpc) is 2.79. The largest absolute Gasteiger partial charge is 0.329 e. The van der Waals surface area contributed by atoms with E-state index in [1.54, 1.807) is 0 Å². The molecule has 0 aromatic heterocycles. The van der Waals surface area contributed by atoms with E-state index in [1.165, 1.54) is 45.2 Å². The Morgan fingerprint density at radius 1 is 1.22 bits per heavy atom. The Morgan fingerprint density at radius 3 is 2.44 bits per heavy atom. The zero-order valence-corrected chi connectivity index (χ0v) is 12.8. The lowest BCUT2D eigenvalue weighted by molar-refractivity contribution is 0.0245. The van der Waals surface area contributed by atoms with E-state index in [9.17, 15) is 0 Å². The second-order valence-electron chi connectivity index (χ2n) is 7.75. The molecule has 0 bridgehead atoms. The molecule has 106 valence electrons. The highest BCUT2D eigenvalue weighted by Gasteiger charge is 2.46. The fourth-order valence-corrected chi connectivity index (χ4v) is 4.17. The molecule has 2 aliphatic rings. The van der Waals surface area contributed by atoms with Crippen molar-refractivity contribution in [3.63, 3.8) is 0 Å². The zero-order chi connectivity index (χ0) is 13.4. The lowest BCUT2D eigenvalue weighted by Crippen LogP contribution is -2.58. The Kier molecular flexibility index (Phi) is 4.08. The summed E-state index contributed by atoms with van der Waals surface area (Å²) in [6.45, 7) is 13.0. The standard InChI is InChI=1S/C16H32N2/c1-13-7-5-6-9-16(13,12-17)18-10-8-14(11-18)15(2,3)4/h13-14H,5-12,17H2,1-4H3. The molecule has 0 radical (unpaired) electrons. The number of hydrogen-bond acceptors (Lipinski definition) is 2. The van der Waals surface area contributed by atoms with Gasteiger partial charge in [-0.1, -0.05) is 40.5 Å². The molecule has 0 aromatic rings. The van der Waals surface area contributed by atoms with Gasteiger partial charge in [-0.25, -0.2) is 0 Å². The van der Waals surface area contributed by atoms with Crippen LogP contribution in [0.15, 0.2) is 0 Å². The minimum atomic E-state index is 0.318. The Hall–Kier alpha value is -0.0800. The molecule has 2 N–H and O–H groups in total. The molecule has 1 saturated carbocycles. The molecular weight excluding hydrogens is 220 g/mol. The van der Waals surface area contributed by atoms with Crippen LogP contribution >= 0.6 is 0 Å². The molecule has 0 aromatic carbocycles. The number of likely N-dealkylation sites (tertiary alicyclic amines) is 1. The third-order valence-corrected chi connectivity index (χ3v) is 5.81. The van der Waals surface area contributed by atoms with Crippen molar-refractivity contribution in [1.82, 2.24) is 4.90 Å². The normalized spacial score (nSPS) is 39.2. The van der Waals surface area contributed by atoms with Gasteiger partial charge in [0.15, 0.2) is 0 Å². The molecule has 0 spiro atoms. The van der Waals surface area contributed by atoms with Crippen LogP contribution in [0, 0.1) is 17.3 Å². The van der Waals surface area contributed by atoms with Gasteiger partial charge in [-0.2, -0.15) is 0 Å². The first-order valence-electron chi connectivity index (χ1n) is 7.85. The van der Waals surface area contributed by atoms with Crippen molar-refractivity contribution in [2.45, 2.75) is 65.3 Å². The van der Waals surface area contributed by atoms with Crippen molar-refractivity contribution in [3.8, 4) is 0 Å². The van der Waals surface area contributed by atoms with E-state index in [2.05, 4.69) is 32.6 Å². The predicted octanol–water partition coefficient (Wildman–Crippen LogP) is 3.26. The summed E-state index contributed by atoms with van der Waals surface area (Å²) in [7, 11) is 0. The van der Waals surface area contributed by atoms with E-state index >= 15 is 0 Å². The molecule has 1 heterocycles. The van der Waals surface area contributed by atoms with Crippen molar-refractivity contribution in [2.24, 2.45) is 23.0 Å². The average molecular weight is 252 g/mol. The molecule has 2 rings (SSSR count). The van der Waals surface area contributed by atoms with Crippen molar-refractivity contribution < 1.29 is 0 Å². The molecule has 3 atom stereocenters. The molecule has 2 heteroatoms. The van der Waals surface area contributed by atoms with Crippen molar-refractivity contribution in [2.75, 3.05) is 19.6 Å². The molecule has 1 aliphatic heterocycles. The first-order valence-corrected chi connectivity index (χ1v) is 7.85. The van der Waals surface area contributed by atoms with Gasteiger partial charge in [0.25, 0.3) is 0 Å².